The lowest BCUT2D eigenvalue weighted by Crippen LogP contribution is -1.98. The molecule has 124 valence electrons. The third-order valence-electron chi connectivity index (χ3n) is 4.26. The molecule has 0 radical (unpaired) electrons. The number of hydrogen-bond donors (Lipinski definition) is 2. The van der Waals surface area contributed by atoms with Gasteiger partial charge in [0.25, 0.3) is 0 Å². The highest BCUT2D eigenvalue weighted by atomic mass is 16.5. The fraction of sp³-hybridized carbons (Fsp3) is 0.0952. The van der Waals surface area contributed by atoms with E-state index >= 15 is 0 Å². The van der Waals surface area contributed by atoms with Crippen LogP contribution in [0.4, 0.5) is 17.1 Å². The van der Waals surface area contributed by atoms with Gasteiger partial charge >= 0.3 is 0 Å². The molecule has 0 aliphatic carbocycles. The Bertz CT molecular complexity index is 1070. The lowest BCUT2D eigenvalue weighted by atomic mass is 10.1. The molecule has 0 amide bonds. The molecule has 0 spiro atoms. The van der Waals surface area contributed by atoms with E-state index in [2.05, 4.69) is 23.5 Å². The molecule has 1 heterocycles. The zero-order chi connectivity index (χ0) is 17.4. The van der Waals surface area contributed by atoms with Crippen molar-refractivity contribution in [2.24, 2.45) is 0 Å². The summed E-state index contributed by atoms with van der Waals surface area (Å²) in [5, 5.41) is 5.62. The highest BCUT2D eigenvalue weighted by Crippen LogP contribution is 2.36. The Labute approximate surface area is 146 Å². The molecule has 4 aromatic rings. The van der Waals surface area contributed by atoms with E-state index in [9.17, 15) is 0 Å². The molecule has 0 saturated carbocycles. The van der Waals surface area contributed by atoms with Gasteiger partial charge < -0.3 is 15.8 Å². The number of hydrogen-bond acceptors (Lipinski definition) is 4. The van der Waals surface area contributed by atoms with Crippen LogP contribution in [0.25, 0.3) is 21.8 Å². The van der Waals surface area contributed by atoms with Gasteiger partial charge in [-0.25, -0.2) is 4.98 Å². The van der Waals surface area contributed by atoms with Gasteiger partial charge in [-0.05, 0) is 42.8 Å². The van der Waals surface area contributed by atoms with E-state index in [1.54, 1.807) is 7.11 Å². The molecule has 0 bridgehead atoms. The summed E-state index contributed by atoms with van der Waals surface area (Å²) in [5.41, 5.74) is 11.6. The molecule has 25 heavy (non-hydrogen) atoms. The van der Waals surface area contributed by atoms with E-state index in [-0.39, 0.29) is 0 Å². The number of nitrogens with two attached hydrogens (primary N) is 1. The van der Waals surface area contributed by atoms with Crippen LogP contribution in [0.3, 0.4) is 0 Å². The van der Waals surface area contributed by atoms with Crippen molar-refractivity contribution in [2.75, 3.05) is 18.2 Å². The van der Waals surface area contributed by atoms with Crippen LogP contribution in [-0.4, -0.2) is 12.1 Å². The molecule has 0 saturated heterocycles. The lowest BCUT2D eigenvalue weighted by Gasteiger charge is -2.15. The first-order valence-electron chi connectivity index (χ1n) is 8.15. The Morgan fingerprint density at radius 2 is 1.76 bits per heavy atom. The summed E-state index contributed by atoms with van der Waals surface area (Å²) in [5.74, 6) is 0.759. The van der Waals surface area contributed by atoms with Gasteiger partial charge in [-0.15, -0.1) is 0 Å². The van der Waals surface area contributed by atoms with E-state index in [0.717, 1.165) is 50.2 Å². The number of ether oxygens (including phenoxy) is 1. The molecule has 4 nitrogen and oxygen atoms in total. The number of nitrogen functional groups attached to an aromatic ring is 1. The average molecular weight is 329 g/mol. The molecule has 3 N–H and O–H groups in total. The average Bonchev–Trinajstić information content (AvgIpc) is 2.60. The van der Waals surface area contributed by atoms with Gasteiger partial charge in [-0.2, -0.15) is 0 Å². The van der Waals surface area contributed by atoms with Gasteiger partial charge in [-0.3, -0.25) is 0 Å². The lowest BCUT2D eigenvalue weighted by molar-refractivity contribution is 0.419. The maximum Gasteiger partial charge on any atom is 0.145 e. The summed E-state index contributed by atoms with van der Waals surface area (Å²) in [4.78, 5) is 4.80. The molecule has 4 rings (SSSR count). The zero-order valence-corrected chi connectivity index (χ0v) is 14.2. The number of nitrogens with one attached hydrogen (secondary N) is 1. The second-order valence-corrected chi connectivity index (χ2v) is 6.12. The standard InChI is InChI=1S/C21H19N3O/c1-13-10-14(22)12-15(11-13)23-20-16-6-3-4-8-18(16)24-21-17(20)7-5-9-19(21)25-2/h3-12H,22H2,1-2H3,(H,23,24). The van der Waals surface area contributed by atoms with Crippen LogP contribution in [-0.2, 0) is 0 Å². The van der Waals surface area contributed by atoms with Crippen molar-refractivity contribution in [1.29, 1.82) is 0 Å². The topological polar surface area (TPSA) is 60.2 Å². The largest absolute Gasteiger partial charge is 0.494 e. The minimum absolute atomic E-state index is 0.739. The number of fused-ring (bicyclic) bond motifs is 2. The minimum Gasteiger partial charge on any atom is -0.494 e. The van der Waals surface area contributed by atoms with Crippen molar-refractivity contribution in [3.63, 3.8) is 0 Å². The monoisotopic (exact) mass is 329 g/mol. The first kappa shape index (κ1) is 15.3. The van der Waals surface area contributed by atoms with Crippen molar-refractivity contribution in [3.05, 3.63) is 66.2 Å². The second-order valence-electron chi connectivity index (χ2n) is 6.12. The third-order valence-corrected chi connectivity index (χ3v) is 4.26. The zero-order valence-electron chi connectivity index (χ0n) is 14.2. The van der Waals surface area contributed by atoms with Gasteiger partial charge in [0.05, 0.1) is 18.3 Å². The number of pyridine rings is 1. The Hall–Kier alpha value is -3.27. The highest BCUT2D eigenvalue weighted by molar-refractivity contribution is 6.10. The van der Waals surface area contributed by atoms with E-state index < -0.39 is 0 Å². The minimum atomic E-state index is 0.739. The van der Waals surface area contributed by atoms with Crippen LogP contribution < -0.4 is 15.8 Å². The van der Waals surface area contributed by atoms with Crippen LogP contribution in [0.5, 0.6) is 5.75 Å². The number of anilines is 3. The molecule has 4 heteroatoms. The summed E-state index contributed by atoms with van der Waals surface area (Å²) in [6, 6.07) is 20.0. The highest BCUT2D eigenvalue weighted by Gasteiger charge is 2.12. The fourth-order valence-corrected chi connectivity index (χ4v) is 3.22. The van der Waals surface area contributed by atoms with Crippen LogP contribution in [0.2, 0.25) is 0 Å². The summed E-state index contributed by atoms with van der Waals surface area (Å²) in [6.07, 6.45) is 0. The van der Waals surface area contributed by atoms with Crippen LogP contribution in [0.15, 0.2) is 60.7 Å². The van der Waals surface area contributed by atoms with Crippen LogP contribution >= 0.6 is 0 Å². The molecule has 1 aromatic heterocycles. The number of benzene rings is 3. The van der Waals surface area contributed by atoms with Crippen LogP contribution in [0.1, 0.15) is 5.56 Å². The predicted octanol–water partition coefficient (Wildman–Crippen LogP) is 5.03. The predicted molar refractivity (Wildman–Crippen MR) is 105 cm³/mol. The Morgan fingerprint density at radius 1 is 0.960 bits per heavy atom. The smallest absolute Gasteiger partial charge is 0.145 e. The van der Waals surface area contributed by atoms with Crippen molar-refractivity contribution >= 4 is 38.9 Å². The van der Waals surface area contributed by atoms with Gasteiger partial charge in [0.15, 0.2) is 0 Å². The number of rotatable bonds is 3. The molecule has 3 aromatic carbocycles. The second kappa shape index (κ2) is 5.98. The number of para-hydroxylation sites is 2. The summed E-state index contributed by atoms with van der Waals surface area (Å²) < 4.78 is 5.51. The Balaban J connectivity index is 2.02. The Kier molecular flexibility index (Phi) is 3.65. The number of nitrogens with zero attached hydrogens (tertiary/aromatic N) is 1. The summed E-state index contributed by atoms with van der Waals surface area (Å²) in [6.45, 7) is 2.04. The first-order valence-corrected chi connectivity index (χ1v) is 8.15. The van der Waals surface area contributed by atoms with Crippen molar-refractivity contribution in [3.8, 4) is 5.75 Å². The quantitative estimate of drug-likeness (QED) is 0.409. The summed E-state index contributed by atoms with van der Waals surface area (Å²) in [7, 11) is 1.67. The van der Waals surface area contributed by atoms with Gasteiger partial charge in [-0.1, -0.05) is 30.3 Å². The van der Waals surface area contributed by atoms with Crippen molar-refractivity contribution in [1.82, 2.24) is 4.98 Å². The maximum absolute atomic E-state index is 6.01. The molecular weight excluding hydrogens is 310 g/mol. The molecule has 0 aliphatic heterocycles. The summed E-state index contributed by atoms with van der Waals surface area (Å²) >= 11 is 0. The van der Waals surface area contributed by atoms with E-state index in [0.29, 0.717) is 0 Å². The third kappa shape index (κ3) is 2.72. The van der Waals surface area contributed by atoms with Crippen LogP contribution in [0, 0.1) is 6.92 Å². The van der Waals surface area contributed by atoms with Gasteiger partial charge in [0, 0.05) is 22.1 Å². The molecule has 0 unspecified atom stereocenters. The number of aromatic nitrogens is 1. The van der Waals surface area contributed by atoms with Gasteiger partial charge in [0.1, 0.15) is 11.3 Å². The molecule has 0 aliphatic rings. The first-order chi connectivity index (χ1) is 12.2. The van der Waals surface area contributed by atoms with E-state index in [1.165, 1.54) is 0 Å². The van der Waals surface area contributed by atoms with E-state index in [1.807, 2.05) is 49.4 Å². The molecule has 0 atom stereocenters. The normalized spacial score (nSPS) is 11.0. The van der Waals surface area contributed by atoms with Crippen molar-refractivity contribution < 1.29 is 4.74 Å². The van der Waals surface area contributed by atoms with Crippen molar-refractivity contribution in [2.45, 2.75) is 6.92 Å². The van der Waals surface area contributed by atoms with Gasteiger partial charge in [0.2, 0.25) is 0 Å². The number of methoxy groups -OCH3 is 1. The fourth-order valence-electron chi connectivity index (χ4n) is 3.22. The maximum atomic E-state index is 6.01. The number of aryl methyl sites for hydroxylation is 1. The molecule has 0 fully saturated rings. The van der Waals surface area contributed by atoms with E-state index in [4.69, 9.17) is 15.5 Å². The Morgan fingerprint density at radius 3 is 2.56 bits per heavy atom. The SMILES string of the molecule is COc1cccc2c(Nc3cc(C)cc(N)c3)c3ccccc3nc12. The molecular formula is C21H19N3O.